The van der Waals surface area contributed by atoms with Gasteiger partial charge in [-0.1, -0.05) is 52.0 Å². The average molecular weight is 502 g/mol. The van der Waals surface area contributed by atoms with Crippen molar-refractivity contribution in [2.24, 2.45) is 0 Å². The second-order valence-electron chi connectivity index (χ2n) is 9.39. The molecule has 0 aliphatic carbocycles. The molecule has 0 fully saturated rings. The first-order valence-corrected chi connectivity index (χ1v) is 11.6. The molecule has 0 bridgehead atoms. The summed E-state index contributed by atoms with van der Waals surface area (Å²) in [6.45, 7) is 7.82. The molecule has 0 aliphatic rings. The molecule has 0 aliphatic heterocycles. The van der Waals surface area contributed by atoms with Crippen LogP contribution in [0.5, 0.6) is 0 Å². The number of urea groups is 1. The van der Waals surface area contributed by atoms with Crippen molar-refractivity contribution >= 4 is 23.4 Å². The van der Waals surface area contributed by atoms with Gasteiger partial charge in [0.15, 0.2) is 0 Å². The van der Waals surface area contributed by atoms with Gasteiger partial charge in [0.2, 0.25) is 5.91 Å². The molecule has 36 heavy (non-hydrogen) atoms. The average Bonchev–Trinajstić information content (AvgIpc) is 3.23. The minimum atomic E-state index is -4.53. The minimum absolute atomic E-state index is 0.00620. The van der Waals surface area contributed by atoms with E-state index in [2.05, 4.69) is 15.7 Å². The summed E-state index contributed by atoms with van der Waals surface area (Å²) in [6.07, 6.45) is -3.98. The zero-order chi connectivity index (χ0) is 26.5. The zero-order valence-electron chi connectivity index (χ0n) is 20.7. The molecule has 0 spiro atoms. The lowest BCUT2D eigenvalue weighted by Gasteiger charge is -2.22. The Balaban J connectivity index is 1.77. The van der Waals surface area contributed by atoms with Gasteiger partial charge in [-0.25, -0.2) is 9.48 Å². The Morgan fingerprint density at radius 3 is 2.28 bits per heavy atom. The van der Waals surface area contributed by atoms with E-state index in [1.54, 1.807) is 10.7 Å². The maximum absolute atomic E-state index is 13.0. The van der Waals surface area contributed by atoms with Gasteiger partial charge in [-0.15, -0.1) is 0 Å². The first kappa shape index (κ1) is 26.8. The normalized spacial score (nSPS) is 11.8. The molecule has 0 unspecified atom stereocenters. The molecule has 2 aromatic carbocycles. The maximum atomic E-state index is 13.0. The molecule has 1 aromatic heterocycles. The van der Waals surface area contributed by atoms with Gasteiger partial charge in [-0.3, -0.25) is 4.79 Å². The van der Waals surface area contributed by atoms with Gasteiger partial charge in [0, 0.05) is 23.7 Å². The van der Waals surface area contributed by atoms with Gasteiger partial charge >= 0.3 is 12.2 Å². The third-order valence-corrected chi connectivity index (χ3v) is 5.30. The number of hydrogen-bond donors (Lipinski definition) is 2. The number of amides is 3. The Bertz CT molecular complexity index is 1200. The van der Waals surface area contributed by atoms with Crippen LogP contribution in [0.15, 0.2) is 60.7 Å². The molecule has 0 atom stereocenters. The Kier molecular flexibility index (Phi) is 8.07. The van der Waals surface area contributed by atoms with E-state index in [1.165, 1.54) is 17.0 Å². The van der Waals surface area contributed by atoms with Crippen molar-refractivity contribution in [1.29, 1.82) is 0 Å². The molecular weight excluding hydrogens is 471 g/mol. The molecule has 0 saturated heterocycles. The predicted octanol–water partition coefficient (Wildman–Crippen LogP) is 6.07. The summed E-state index contributed by atoms with van der Waals surface area (Å²) in [5.41, 5.74) is 0.390. The number of carbonyl (C=O) groups excluding carboxylic acids is 2. The van der Waals surface area contributed by atoms with Crippen LogP contribution in [0.25, 0.3) is 5.69 Å². The fourth-order valence-electron chi connectivity index (χ4n) is 3.46. The van der Waals surface area contributed by atoms with E-state index in [1.807, 2.05) is 58.0 Å². The van der Waals surface area contributed by atoms with Crippen LogP contribution in [-0.4, -0.2) is 39.7 Å². The quantitative estimate of drug-likeness (QED) is 0.412. The molecule has 192 valence electrons. The molecule has 1 heterocycles. The van der Waals surface area contributed by atoms with E-state index in [0.717, 1.165) is 23.5 Å². The van der Waals surface area contributed by atoms with Crippen LogP contribution in [0.1, 0.15) is 45.4 Å². The highest BCUT2D eigenvalue weighted by Gasteiger charge is 2.30. The predicted molar refractivity (Wildman–Crippen MR) is 133 cm³/mol. The number of rotatable bonds is 7. The number of alkyl halides is 3. The second kappa shape index (κ2) is 10.8. The van der Waals surface area contributed by atoms with Crippen LogP contribution in [0.4, 0.5) is 29.5 Å². The fourth-order valence-corrected chi connectivity index (χ4v) is 3.46. The summed E-state index contributed by atoms with van der Waals surface area (Å²) in [5, 5.41) is 9.94. The van der Waals surface area contributed by atoms with Gasteiger partial charge in [-0.05, 0) is 36.8 Å². The van der Waals surface area contributed by atoms with Crippen LogP contribution in [0.3, 0.4) is 0 Å². The first-order chi connectivity index (χ1) is 16.9. The standard InChI is InChI=1S/C26H30F3N5O2/c1-5-14-33(24(36)30-19-11-9-10-18(15-19)26(27,28)29)17-23(35)31-22-16-21(25(2,3)4)32-34(22)20-12-7-6-8-13-20/h6-13,15-16H,5,14,17H2,1-4H3,(H,30,36)(H,31,35). The SMILES string of the molecule is CCCN(CC(=O)Nc1cc(C(C)(C)C)nn1-c1ccccc1)C(=O)Nc1cccc(C(F)(F)F)c1. The molecule has 0 saturated carbocycles. The Morgan fingerprint density at radius 1 is 0.972 bits per heavy atom. The molecule has 3 amide bonds. The summed E-state index contributed by atoms with van der Waals surface area (Å²) in [6, 6.07) is 14.8. The zero-order valence-corrected chi connectivity index (χ0v) is 20.7. The second-order valence-corrected chi connectivity index (χ2v) is 9.39. The van der Waals surface area contributed by atoms with E-state index < -0.39 is 23.7 Å². The summed E-state index contributed by atoms with van der Waals surface area (Å²) >= 11 is 0. The van der Waals surface area contributed by atoms with Crippen molar-refractivity contribution in [2.75, 3.05) is 23.7 Å². The van der Waals surface area contributed by atoms with Gasteiger partial charge in [0.1, 0.15) is 12.4 Å². The summed E-state index contributed by atoms with van der Waals surface area (Å²) in [4.78, 5) is 27.0. The highest BCUT2D eigenvalue weighted by Crippen LogP contribution is 2.31. The van der Waals surface area contributed by atoms with E-state index in [9.17, 15) is 22.8 Å². The molecule has 7 nitrogen and oxygen atoms in total. The smallest absolute Gasteiger partial charge is 0.315 e. The van der Waals surface area contributed by atoms with Crippen LogP contribution in [-0.2, 0) is 16.4 Å². The van der Waals surface area contributed by atoms with Gasteiger partial charge < -0.3 is 15.5 Å². The first-order valence-electron chi connectivity index (χ1n) is 11.6. The Morgan fingerprint density at radius 2 is 1.67 bits per heavy atom. The van der Waals surface area contributed by atoms with Crippen LogP contribution >= 0.6 is 0 Å². The lowest BCUT2D eigenvalue weighted by Crippen LogP contribution is -2.41. The number of halogens is 3. The Hall–Kier alpha value is -3.82. The van der Waals surface area contributed by atoms with Crippen LogP contribution in [0, 0.1) is 0 Å². The number of benzene rings is 2. The highest BCUT2D eigenvalue weighted by molar-refractivity contribution is 5.96. The van der Waals surface area contributed by atoms with E-state index in [0.29, 0.717) is 12.2 Å². The van der Waals surface area contributed by atoms with E-state index in [-0.39, 0.29) is 24.2 Å². The fraction of sp³-hybridized carbons (Fsp3) is 0.346. The van der Waals surface area contributed by atoms with Crippen molar-refractivity contribution in [3.63, 3.8) is 0 Å². The van der Waals surface area contributed by atoms with Crippen LogP contribution < -0.4 is 10.6 Å². The van der Waals surface area contributed by atoms with Gasteiger partial charge in [0.05, 0.1) is 16.9 Å². The molecule has 0 radical (unpaired) electrons. The number of para-hydroxylation sites is 1. The van der Waals surface area contributed by atoms with Crippen molar-refractivity contribution < 1.29 is 22.8 Å². The number of aromatic nitrogens is 2. The third-order valence-electron chi connectivity index (χ3n) is 5.30. The van der Waals surface area contributed by atoms with E-state index in [4.69, 9.17) is 0 Å². The van der Waals surface area contributed by atoms with Crippen molar-refractivity contribution in [1.82, 2.24) is 14.7 Å². The maximum Gasteiger partial charge on any atom is 0.416 e. The van der Waals surface area contributed by atoms with Crippen LogP contribution in [0.2, 0.25) is 0 Å². The number of nitrogens with zero attached hydrogens (tertiary/aromatic N) is 3. The topological polar surface area (TPSA) is 79.3 Å². The largest absolute Gasteiger partial charge is 0.416 e. The van der Waals surface area contributed by atoms with Gasteiger partial charge in [0.25, 0.3) is 0 Å². The summed E-state index contributed by atoms with van der Waals surface area (Å²) in [7, 11) is 0. The lowest BCUT2D eigenvalue weighted by atomic mass is 9.92. The number of carbonyl (C=O) groups is 2. The van der Waals surface area contributed by atoms with E-state index >= 15 is 0 Å². The molecule has 2 N–H and O–H groups in total. The minimum Gasteiger partial charge on any atom is -0.315 e. The molecule has 10 heteroatoms. The monoisotopic (exact) mass is 501 g/mol. The molecule has 3 aromatic rings. The highest BCUT2D eigenvalue weighted by atomic mass is 19.4. The van der Waals surface area contributed by atoms with Crippen molar-refractivity contribution in [3.8, 4) is 5.69 Å². The van der Waals surface area contributed by atoms with Gasteiger partial charge in [-0.2, -0.15) is 18.3 Å². The summed E-state index contributed by atoms with van der Waals surface area (Å²) in [5.74, 6) is -0.00829. The Labute approximate surface area is 208 Å². The number of anilines is 2. The molecular formula is C26H30F3N5O2. The third kappa shape index (κ3) is 6.87. The number of nitrogens with one attached hydrogen (secondary N) is 2. The lowest BCUT2D eigenvalue weighted by molar-refractivity contribution is -0.137. The molecule has 3 rings (SSSR count). The number of hydrogen-bond acceptors (Lipinski definition) is 3. The summed E-state index contributed by atoms with van der Waals surface area (Å²) < 4.78 is 40.7. The van der Waals surface area contributed by atoms with Crippen molar-refractivity contribution in [2.45, 2.75) is 45.7 Å². The van der Waals surface area contributed by atoms with Crippen molar-refractivity contribution in [3.05, 3.63) is 71.9 Å².